The number of rotatable bonds is 3. The monoisotopic (exact) mass is 462 g/mol. The Hall–Kier alpha value is -1.95. The first kappa shape index (κ1) is 21.9. The zero-order valence-corrected chi connectivity index (χ0v) is 19.1. The van der Waals surface area contributed by atoms with Crippen molar-refractivity contribution in [2.24, 2.45) is 0 Å². The number of aryl methyl sites for hydroxylation is 1. The van der Waals surface area contributed by atoms with Gasteiger partial charge in [0.2, 0.25) is 0 Å². The van der Waals surface area contributed by atoms with Gasteiger partial charge >= 0.3 is 0 Å². The molecule has 3 atom stereocenters. The highest BCUT2D eigenvalue weighted by atomic mass is 32.2. The molecule has 32 heavy (non-hydrogen) atoms. The largest absolute Gasteiger partial charge is 0.485 e. The van der Waals surface area contributed by atoms with Gasteiger partial charge in [0.05, 0.1) is 5.76 Å². The Bertz CT molecular complexity index is 1100. The summed E-state index contributed by atoms with van der Waals surface area (Å²) in [5.74, 6) is -3.42. The van der Waals surface area contributed by atoms with Gasteiger partial charge in [-0.25, -0.2) is 17.6 Å². The van der Waals surface area contributed by atoms with Gasteiger partial charge in [-0.2, -0.15) is 11.8 Å². The van der Waals surface area contributed by atoms with Crippen LogP contribution in [0.1, 0.15) is 78.0 Å². The van der Waals surface area contributed by atoms with Gasteiger partial charge in [-0.3, -0.25) is 0 Å². The second-order valence-corrected chi connectivity index (χ2v) is 10.9. The molecule has 1 aliphatic heterocycles. The van der Waals surface area contributed by atoms with Crippen LogP contribution >= 0.6 is 11.8 Å². The van der Waals surface area contributed by atoms with Crippen molar-refractivity contribution in [2.75, 3.05) is 5.75 Å². The Kier molecular flexibility index (Phi) is 5.16. The molecule has 0 bridgehead atoms. The summed E-state index contributed by atoms with van der Waals surface area (Å²) in [6.45, 7) is 7.01. The molecule has 1 saturated heterocycles. The minimum atomic E-state index is -3.08. The fourth-order valence-electron chi connectivity index (χ4n) is 5.96. The second kappa shape index (κ2) is 7.54. The summed E-state index contributed by atoms with van der Waals surface area (Å²) in [5, 5.41) is 0. The molecule has 6 heteroatoms. The maximum absolute atomic E-state index is 15.3. The number of thioether (sulfide) groups is 1. The van der Waals surface area contributed by atoms with Crippen LogP contribution in [0, 0.1) is 18.6 Å². The lowest BCUT2D eigenvalue weighted by Gasteiger charge is -2.40. The van der Waals surface area contributed by atoms with E-state index in [4.69, 9.17) is 4.74 Å². The van der Waals surface area contributed by atoms with Crippen LogP contribution < -0.4 is 0 Å². The van der Waals surface area contributed by atoms with Crippen LogP contribution in [0.5, 0.6) is 0 Å². The zero-order valence-electron chi connectivity index (χ0n) is 18.2. The van der Waals surface area contributed by atoms with Gasteiger partial charge in [0.25, 0.3) is 5.92 Å². The number of allylic oxidation sites excluding steroid dienone is 1. The number of ether oxygens (including phenoxy) is 1. The molecule has 0 N–H and O–H groups in total. The summed E-state index contributed by atoms with van der Waals surface area (Å²) in [4.78, 5) is 0. The number of halogens is 4. The molecule has 5 rings (SSSR count). The van der Waals surface area contributed by atoms with E-state index in [1.165, 1.54) is 6.07 Å². The Labute approximate surface area is 190 Å². The molecule has 0 amide bonds. The fraction of sp³-hybridized carbons (Fsp3) is 0.462. The van der Waals surface area contributed by atoms with Crippen LogP contribution in [0.25, 0.3) is 0 Å². The number of hydrogen-bond acceptors (Lipinski definition) is 2. The predicted octanol–water partition coefficient (Wildman–Crippen LogP) is 7.70. The number of fused-ring (bicyclic) bond motifs is 3. The third-order valence-corrected chi connectivity index (χ3v) is 8.91. The number of hydrogen-bond donors (Lipinski definition) is 0. The summed E-state index contributed by atoms with van der Waals surface area (Å²) in [6.07, 6.45) is 1.48. The molecular weight excluding hydrogens is 436 g/mol. The molecule has 3 unspecified atom stereocenters. The van der Waals surface area contributed by atoms with Crippen molar-refractivity contribution in [3.63, 3.8) is 0 Å². The lowest BCUT2D eigenvalue weighted by molar-refractivity contribution is -0.108. The minimum absolute atomic E-state index is 0.233. The summed E-state index contributed by atoms with van der Waals surface area (Å²) < 4.78 is 64.9. The molecule has 2 aromatic carbocycles. The van der Waals surface area contributed by atoms with Crippen LogP contribution in [0.15, 0.2) is 36.6 Å². The molecule has 3 aliphatic rings. The Morgan fingerprint density at radius 2 is 1.94 bits per heavy atom. The standard InChI is InChI=1S/C26H26F4OS/c1-14(2)31-24-22-15(3)5-6-17(19(22)13-26(24,29)30)18-7-9-25(8-4-10-32-25)20-11-16(27)12-21(28)23(18)20/h5-6,11-12,18,24H,1,4,7-10,13H2,2-3H3. The Morgan fingerprint density at radius 3 is 2.62 bits per heavy atom. The molecular formula is C26H26F4OS. The lowest BCUT2D eigenvalue weighted by atomic mass is 9.70. The van der Waals surface area contributed by atoms with E-state index in [0.29, 0.717) is 34.2 Å². The van der Waals surface area contributed by atoms with Crippen LogP contribution in [0.4, 0.5) is 17.6 Å². The van der Waals surface area contributed by atoms with E-state index in [2.05, 4.69) is 6.58 Å². The van der Waals surface area contributed by atoms with Crippen LogP contribution in [-0.4, -0.2) is 11.7 Å². The SMILES string of the molecule is C=C(C)OC1c2c(C)ccc(C3CCC4(CCCS4)c4cc(F)cc(F)c43)c2CC1(F)F. The van der Waals surface area contributed by atoms with Gasteiger partial charge in [-0.15, -0.1) is 0 Å². The maximum atomic E-state index is 15.3. The first-order valence-electron chi connectivity index (χ1n) is 11.1. The van der Waals surface area contributed by atoms with Gasteiger partial charge in [-0.1, -0.05) is 18.7 Å². The summed E-state index contributed by atoms with van der Waals surface area (Å²) >= 11 is 1.77. The van der Waals surface area contributed by atoms with Gasteiger partial charge < -0.3 is 4.74 Å². The minimum Gasteiger partial charge on any atom is -0.485 e. The molecule has 1 fully saturated rings. The molecule has 1 nitrogen and oxygen atoms in total. The van der Waals surface area contributed by atoms with E-state index >= 15 is 13.2 Å². The molecule has 1 spiro atoms. The molecule has 2 aromatic rings. The average molecular weight is 463 g/mol. The average Bonchev–Trinajstić information content (AvgIpc) is 3.27. The number of benzene rings is 2. The van der Waals surface area contributed by atoms with E-state index in [1.54, 1.807) is 25.6 Å². The molecule has 1 heterocycles. The molecule has 0 saturated carbocycles. The highest BCUT2D eigenvalue weighted by molar-refractivity contribution is 8.00. The number of alkyl halides is 2. The Balaban J connectivity index is 1.68. The van der Waals surface area contributed by atoms with Crippen molar-refractivity contribution in [1.29, 1.82) is 0 Å². The van der Waals surface area contributed by atoms with Gasteiger partial charge in [0.15, 0.2) is 6.10 Å². The molecule has 0 aromatic heterocycles. The van der Waals surface area contributed by atoms with Crippen molar-refractivity contribution < 1.29 is 22.3 Å². The van der Waals surface area contributed by atoms with Crippen molar-refractivity contribution in [3.05, 3.63) is 81.6 Å². The smallest absolute Gasteiger partial charge is 0.292 e. The quantitative estimate of drug-likeness (QED) is 0.341. The summed E-state index contributed by atoms with van der Waals surface area (Å²) in [7, 11) is 0. The maximum Gasteiger partial charge on any atom is 0.292 e. The first-order chi connectivity index (χ1) is 15.1. The topological polar surface area (TPSA) is 9.23 Å². The lowest BCUT2D eigenvalue weighted by Crippen LogP contribution is -2.29. The molecule has 2 aliphatic carbocycles. The van der Waals surface area contributed by atoms with Crippen molar-refractivity contribution in [2.45, 2.75) is 68.6 Å². The van der Waals surface area contributed by atoms with Crippen LogP contribution in [0.2, 0.25) is 0 Å². The van der Waals surface area contributed by atoms with Gasteiger partial charge in [0.1, 0.15) is 11.6 Å². The van der Waals surface area contributed by atoms with Crippen molar-refractivity contribution in [1.82, 2.24) is 0 Å². The van der Waals surface area contributed by atoms with Gasteiger partial charge in [-0.05, 0) is 73.6 Å². The summed E-state index contributed by atoms with van der Waals surface area (Å²) in [6, 6.07) is 6.07. The van der Waals surface area contributed by atoms with Crippen LogP contribution in [-0.2, 0) is 15.9 Å². The van der Waals surface area contributed by atoms with E-state index < -0.39 is 30.1 Å². The molecule has 170 valence electrons. The summed E-state index contributed by atoms with van der Waals surface area (Å²) in [5.41, 5.74) is 3.65. The highest BCUT2D eigenvalue weighted by Crippen LogP contribution is 2.59. The third-order valence-electron chi connectivity index (χ3n) is 7.24. The highest BCUT2D eigenvalue weighted by Gasteiger charge is 2.52. The zero-order chi connectivity index (χ0) is 22.8. The second-order valence-electron chi connectivity index (χ2n) is 9.39. The predicted molar refractivity (Wildman–Crippen MR) is 119 cm³/mol. The fourth-order valence-corrected chi connectivity index (χ4v) is 7.52. The van der Waals surface area contributed by atoms with E-state index in [1.807, 2.05) is 12.1 Å². The van der Waals surface area contributed by atoms with Crippen molar-refractivity contribution >= 4 is 11.8 Å². The van der Waals surface area contributed by atoms with E-state index in [0.717, 1.165) is 36.6 Å². The molecule has 0 radical (unpaired) electrons. The van der Waals surface area contributed by atoms with Crippen LogP contribution in [0.3, 0.4) is 0 Å². The third kappa shape index (κ3) is 3.28. The van der Waals surface area contributed by atoms with E-state index in [-0.39, 0.29) is 16.4 Å². The normalized spacial score (nSPS) is 27.9. The first-order valence-corrected chi connectivity index (χ1v) is 12.1. The Morgan fingerprint density at radius 1 is 1.16 bits per heavy atom. The van der Waals surface area contributed by atoms with E-state index in [9.17, 15) is 4.39 Å². The van der Waals surface area contributed by atoms with Gasteiger partial charge in [0, 0.05) is 34.3 Å². The van der Waals surface area contributed by atoms with Crippen molar-refractivity contribution in [3.8, 4) is 0 Å².